The molecule has 1 aromatic carbocycles. The van der Waals surface area contributed by atoms with Crippen LogP contribution in [0.2, 0.25) is 0 Å². The van der Waals surface area contributed by atoms with Gasteiger partial charge in [0.1, 0.15) is 11.6 Å². The van der Waals surface area contributed by atoms with Crippen molar-refractivity contribution in [3.05, 3.63) is 30.1 Å². The van der Waals surface area contributed by atoms with Crippen LogP contribution in [0.3, 0.4) is 0 Å². The Bertz CT molecular complexity index is 563. The predicted octanol–water partition coefficient (Wildman–Crippen LogP) is 2.16. The number of benzene rings is 1. The predicted molar refractivity (Wildman–Crippen MR) is 78.0 cm³/mol. The molecular weight excluding hydrogens is 289 g/mol. The zero-order chi connectivity index (χ0) is 16.3. The van der Waals surface area contributed by atoms with Gasteiger partial charge in [0.15, 0.2) is 6.10 Å². The molecule has 2 rings (SSSR count). The van der Waals surface area contributed by atoms with Crippen molar-refractivity contribution in [3.8, 4) is 5.75 Å². The minimum atomic E-state index is -0.816. The molecule has 1 aromatic rings. The van der Waals surface area contributed by atoms with Crippen LogP contribution < -0.4 is 4.74 Å². The molecule has 1 saturated heterocycles. The number of amides is 1. The largest absolute Gasteiger partial charge is 0.481 e. The Kier molecular flexibility index (Phi) is 5.00. The number of halogens is 1. The van der Waals surface area contributed by atoms with E-state index < -0.39 is 23.8 Å². The number of piperidine rings is 1. The van der Waals surface area contributed by atoms with Crippen molar-refractivity contribution in [2.45, 2.75) is 26.4 Å². The van der Waals surface area contributed by atoms with E-state index >= 15 is 0 Å². The van der Waals surface area contributed by atoms with Crippen molar-refractivity contribution in [2.24, 2.45) is 11.8 Å². The van der Waals surface area contributed by atoms with E-state index in [0.717, 1.165) is 0 Å². The summed E-state index contributed by atoms with van der Waals surface area (Å²) in [6.45, 7) is 4.24. The molecule has 0 radical (unpaired) electrons. The highest BCUT2D eigenvalue weighted by Gasteiger charge is 2.34. The molecule has 3 atom stereocenters. The first-order chi connectivity index (χ1) is 10.4. The summed E-state index contributed by atoms with van der Waals surface area (Å²) < 4.78 is 18.6. The van der Waals surface area contributed by atoms with Gasteiger partial charge in [0.05, 0.1) is 5.92 Å². The van der Waals surface area contributed by atoms with E-state index in [4.69, 9.17) is 9.84 Å². The van der Waals surface area contributed by atoms with Crippen LogP contribution in [0.5, 0.6) is 5.75 Å². The van der Waals surface area contributed by atoms with Gasteiger partial charge in [0.25, 0.3) is 5.91 Å². The SMILES string of the molecule is CC(Oc1cccc(F)c1)C(=O)N1CC[C@H](C(=O)O)[C@H](C)C1. The van der Waals surface area contributed by atoms with Gasteiger partial charge in [-0.3, -0.25) is 9.59 Å². The number of carboxylic acid groups (broad SMARTS) is 1. The molecule has 22 heavy (non-hydrogen) atoms. The fraction of sp³-hybridized carbons (Fsp3) is 0.500. The van der Waals surface area contributed by atoms with Crippen LogP contribution in [-0.4, -0.2) is 41.1 Å². The fourth-order valence-electron chi connectivity index (χ4n) is 2.76. The average Bonchev–Trinajstić information content (AvgIpc) is 2.45. The third kappa shape index (κ3) is 3.75. The van der Waals surface area contributed by atoms with E-state index in [1.807, 2.05) is 6.92 Å². The van der Waals surface area contributed by atoms with E-state index in [-0.39, 0.29) is 11.8 Å². The highest BCUT2D eigenvalue weighted by atomic mass is 19.1. The summed E-state index contributed by atoms with van der Waals surface area (Å²) in [7, 11) is 0. The quantitative estimate of drug-likeness (QED) is 0.925. The van der Waals surface area contributed by atoms with E-state index in [1.54, 1.807) is 17.9 Å². The van der Waals surface area contributed by atoms with E-state index in [2.05, 4.69) is 0 Å². The van der Waals surface area contributed by atoms with Crippen LogP contribution in [0, 0.1) is 17.7 Å². The molecule has 1 aliphatic rings. The lowest BCUT2D eigenvalue weighted by atomic mass is 9.87. The van der Waals surface area contributed by atoms with Crippen molar-refractivity contribution in [2.75, 3.05) is 13.1 Å². The standard InChI is InChI=1S/C16H20FNO4/c1-10-9-18(7-6-14(10)16(20)21)15(19)11(2)22-13-5-3-4-12(17)8-13/h3-5,8,10-11,14H,6-7,9H2,1-2H3,(H,20,21)/t10-,11?,14+/m1/s1. The summed E-state index contributed by atoms with van der Waals surface area (Å²) in [5, 5.41) is 9.10. The lowest BCUT2D eigenvalue weighted by Gasteiger charge is -2.36. The molecule has 0 aliphatic carbocycles. The number of likely N-dealkylation sites (tertiary alicyclic amines) is 1. The Morgan fingerprint density at radius 2 is 2.18 bits per heavy atom. The molecule has 0 saturated carbocycles. The second-order valence-corrected chi connectivity index (χ2v) is 5.71. The van der Waals surface area contributed by atoms with Gasteiger partial charge in [0.2, 0.25) is 0 Å². The maximum atomic E-state index is 13.1. The number of carboxylic acids is 1. The summed E-state index contributed by atoms with van der Waals surface area (Å²) in [5.41, 5.74) is 0. The molecule has 0 bridgehead atoms. The van der Waals surface area contributed by atoms with Gasteiger partial charge >= 0.3 is 5.97 Å². The smallest absolute Gasteiger partial charge is 0.306 e. The Balaban J connectivity index is 1.95. The highest BCUT2D eigenvalue weighted by molar-refractivity contribution is 5.81. The molecule has 1 unspecified atom stereocenters. The Hall–Kier alpha value is -2.11. The summed E-state index contributed by atoms with van der Waals surface area (Å²) in [6.07, 6.45) is -0.301. The van der Waals surface area contributed by atoms with Gasteiger partial charge in [-0.25, -0.2) is 4.39 Å². The fourth-order valence-corrected chi connectivity index (χ4v) is 2.76. The lowest BCUT2D eigenvalue weighted by molar-refractivity contribution is -0.150. The van der Waals surface area contributed by atoms with Crippen molar-refractivity contribution < 1.29 is 23.8 Å². The lowest BCUT2D eigenvalue weighted by Crippen LogP contribution is -2.49. The number of rotatable bonds is 4. The number of ether oxygens (including phenoxy) is 1. The van der Waals surface area contributed by atoms with Gasteiger partial charge in [0, 0.05) is 19.2 Å². The van der Waals surface area contributed by atoms with Crippen LogP contribution in [0.15, 0.2) is 24.3 Å². The van der Waals surface area contributed by atoms with E-state index in [1.165, 1.54) is 18.2 Å². The normalized spacial score (nSPS) is 23.0. The number of nitrogens with zero attached hydrogens (tertiary/aromatic N) is 1. The highest BCUT2D eigenvalue weighted by Crippen LogP contribution is 2.24. The summed E-state index contributed by atoms with van der Waals surface area (Å²) in [4.78, 5) is 25.1. The number of carbonyl (C=O) groups is 2. The van der Waals surface area contributed by atoms with Gasteiger partial charge in [-0.1, -0.05) is 13.0 Å². The van der Waals surface area contributed by atoms with Gasteiger partial charge in [-0.05, 0) is 31.4 Å². The maximum absolute atomic E-state index is 13.1. The van der Waals surface area contributed by atoms with Gasteiger partial charge in [-0.2, -0.15) is 0 Å². The zero-order valence-electron chi connectivity index (χ0n) is 12.7. The molecule has 120 valence electrons. The number of aliphatic carboxylic acids is 1. The second kappa shape index (κ2) is 6.77. The van der Waals surface area contributed by atoms with Crippen LogP contribution in [0.1, 0.15) is 20.3 Å². The number of carbonyl (C=O) groups excluding carboxylic acids is 1. The monoisotopic (exact) mass is 309 g/mol. The third-order valence-corrected chi connectivity index (χ3v) is 3.99. The third-order valence-electron chi connectivity index (χ3n) is 3.99. The van der Waals surface area contributed by atoms with Crippen LogP contribution in [0.4, 0.5) is 4.39 Å². The van der Waals surface area contributed by atoms with E-state index in [9.17, 15) is 14.0 Å². The van der Waals surface area contributed by atoms with Gasteiger partial charge < -0.3 is 14.7 Å². The van der Waals surface area contributed by atoms with Crippen LogP contribution in [0.25, 0.3) is 0 Å². The molecule has 1 heterocycles. The van der Waals surface area contributed by atoms with Crippen molar-refractivity contribution in [1.29, 1.82) is 0 Å². The zero-order valence-corrected chi connectivity index (χ0v) is 12.7. The molecule has 1 aliphatic heterocycles. The van der Waals surface area contributed by atoms with Gasteiger partial charge in [-0.15, -0.1) is 0 Å². The Morgan fingerprint density at radius 1 is 1.45 bits per heavy atom. The van der Waals surface area contributed by atoms with Crippen LogP contribution in [-0.2, 0) is 9.59 Å². The summed E-state index contributed by atoms with van der Waals surface area (Å²) in [6, 6.07) is 5.63. The average molecular weight is 309 g/mol. The van der Waals surface area contributed by atoms with Crippen molar-refractivity contribution in [3.63, 3.8) is 0 Å². The first-order valence-electron chi connectivity index (χ1n) is 7.32. The van der Waals surface area contributed by atoms with E-state index in [0.29, 0.717) is 25.3 Å². The molecule has 1 amide bonds. The first-order valence-corrected chi connectivity index (χ1v) is 7.32. The second-order valence-electron chi connectivity index (χ2n) is 5.71. The maximum Gasteiger partial charge on any atom is 0.306 e. The van der Waals surface area contributed by atoms with Crippen LogP contribution >= 0.6 is 0 Å². The number of hydrogen-bond acceptors (Lipinski definition) is 3. The van der Waals surface area contributed by atoms with Crippen molar-refractivity contribution >= 4 is 11.9 Å². The molecular formula is C16H20FNO4. The minimum Gasteiger partial charge on any atom is -0.481 e. The first kappa shape index (κ1) is 16.3. The molecule has 0 aromatic heterocycles. The molecule has 6 heteroatoms. The number of hydrogen-bond donors (Lipinski definition) is 1. The molecule has 1 N–H and O–H groups in total. The molecule has 0 spiro atoms. The minimum absolute atomic E-state index is 0.100. The molecule has 1 fully saturated rings. The Labute approximate surface area is 128 Å². The summed E-state index contributed by atoms with van der Waals surface area (Å²) in [5.74, 6) is -1.66. The molecule has 5 nitrogen and oxygen atoms in total. The van der Waals surface area contributed by atoms with Crippen molar-refractivity contribution in [1.82, 2.24) is 4.90 Å². The topological polar surface area (TPSA) is 66.8 Å². The summed E-state index contributed by atoms with van der Waals surface area (Å²) >= 11 is 0. The Morgan fingerprint density at radius 3 is 2.77 bits per heavy atom.